The van der Waals surface area contributed by atoms with Gasteiger partial charge < -0.3 is 9.47 Å². The summed E-state index contributed by atoms with van der Waals surface area (Å²) in [7, 11) is 0. The van der Waals surface area contributed by atoms with Crippen molar-refractivity contribution < 1.29 is 23.5 Å². The second kappa shape index (κ2) is 9.27. The fraction of sp³-hybridized carbons (Fsp3) is 0.222. The zero-order chi connectivity index (χ0) is 18.1. The minimum absolute atomic E-state index is 0.0903. The monoisotopic (exact) mass is 346 g/mol. The number of hydrogen-bond acceptors (Lipinski definition) is 4. The van der Waals surface area contributed by atoms with Crippen LogP contribution in [0.15, 0.2) is 48.5 Å². The van der Waals surface area contributed by atoms with E-state index in [1.807, 2.05) is 31.2 Å². The third kappa shape index (κ3) is 6.90. The normalized spacial score (nSPS) is 10.0. The Morgan fingerprint density at radius 2 is 1.44 bits per heavy atom. The molecule has 0 aliphatic carbocycles. The highest BCUT2D eigenvalue weighted by Crippen LogP contribution is 2.11. The van der Waals surface area contributed by atoms with Crippen LogP contribution in [0, 0.1) is 12.7 Å². The first kappa shape index (κ1) is 18.3. The maximum Gasteiger partial charge on any atom is 0.276 e. The molecule has 132 valence electrons. The maximum absolute atomic E-state index is 12.7. The highest BCUT2D eigenvalue weighted by atomic mass is 19.1. The summed E-state index contributed by atoms with van der Waals surface area (Å²) in [6, 6.07) is 12.7. The van der Waals surface area contributed by atoms with Crippen LogP contribution in [0.1, 0.15) is 12.0 Å². The number of benzene rings is 2. The van der Waals surface area contributed by atoms with Crippen molar-refractivity contribution in [2.45, 2.75) is 13.3 Å². The van der Waals surface area contributed by atoms with Crippen molar-refractivity contribution in [3.05, 3.63) is 59.9 Å². The van der Waals surface area contributed by atoms with Crippen molar-refractivity contribution >= 4 is 11.8 Å². The van der Waals surface area contributed by atoms with E-state index in [0.717, 1.165) is 5.56 Å². The van der Waals surface area contributed by atoms with E-state index in [-0.39, 0.29) is 25.5 Å². The third-order valence-corrected chi connectivity index (χ3v) is 3.14. The van der Waals surface area contributed by atoms with E-state index in [1.54, 1.807) is 0 Å². The number of hydrogen-bond donors (Lipinski definition) is 2. The Kier molecular flexibility index (Phi) is 6.76. The largest absolute Gasteiger partial charge is 0.493 e. The van der Waals surface area contributed by atoms with E-state index in [0.29, 0.717) is 11.5 Å². The zero-order valence-corrected chi connectivity index (χ0v) is 13.8. The number of halogens is 1. The number of carbonyl (C=O) groups is 2. The minimum Gasteiger partial charge on any atom is -0.493 e. The first-order valence-corrected chi connectivity index (χ1v) is 7.68. The van der Waals surface area contributed by atoms with Gasteiger partial charge in [0, 0.05) is 0 Å². The lowest BCUT2D eigenvalue weighted by atomic mass is 10.2. The second-order valence-corrected chi connectivity index (χ2v) is 5.25. The smallest absolute Gasteiger partial charge is 0.276 e. The average Bonchev–Trinajstić information content (AvgIpc) is 2.61. The molecule has 0 aliphatic heterocycles. The Bertz CT molecular complexity index is 702. The molecule has 0 atom stereocenters. The quantitative estimate of drug-likeness (QED) is 0.753. The fourth-order valence-corrected chi connectivity index (χ4v) is 1.81. The van der Waals surface area contributed by atoms with Gasteiger partial charge in [0.1, 0.15) is 17.3 Å². The Morgan fingerprint density at radius 3 is 2.12 bits per heavy atom. The molecule has 0 aromatic heterocycles. The first-order valence-electron chi connectivity index (χ1n) is 7.68. The summed E-state index contributed by atoms with van der Waals surface area (Å²) in [6.45, 7) is 1.86. The molecule has 0 heterocycles. The number of amides is 2. The first-order chi connectivity index (χ1) is 12.0. The van der Waals surface area contributed by atoms with Gasteiger partial charge in [-0.3, -0.25) is 20.4 Å². The summed E-state index contributed by atoms with van der Waals surface area (Å²) in [5.74, 6) is -0.277. The predicted molar refractivity (Wildman–Crippen MR) is 89.5 cm³/mol. The van der Waals surface area contributed by atoms with E-state index in [9.17, 15) is 14.0 Å². The van der Waals surface area contributed by atoms with Crippen LogP contribution in [0.2, 0.25) is 0 Å². The molecule has 2 N–H and O–H groups in total. The number of carbonyl (C=O) groups excluding carboxylic acids is 2. The van der Waals surface area contributed by atoms with Gasteiger partial charge in [-0.05, 0) is 43.3 Å². The average molecular weight is 346 g/mol. The molecule has 0 saturated carbocycles. The molecule has 0 unspecified atom stereocenters. The lowest BCUT2D eigenvalue weighted by Crippen LogP contribution is -2.44. The van der Waals surface area contributed by atoms with Crippen LogP contribution < -0.4 is 20.3 Å². The van der Waals surface area contributed by atoms with Crippen LogP contribution in [-0.4, -0.2) is 25.0 Å². The van der Waals surface area contributed by atoms with Crippen molar-refractivity contribution in [1.82, 2.24) is 10.9 Å². The molecule has 6 nitrogen and oxygen atoms in total. The molecular formula is C18H19FN2O4. The SMILES string of the molecule is Cc1ccc(OCCC(=O)NNC(=O)COc2ccc(F)cc2)cc1. The molecule has 0 saturated heterocycles. The summed E-state index contributed by atoms with van der Waals surface area (Å²) in [6.07, 6.45) is 0.0903. The molecule has 0 fully saturated rings. The number of rotatable bonds is 7. The van der Waals surface area contributed by atoms with Crippen LogP contribution in [0.5, 0.6) is 11.5 Å². The summed E-state index contributed by atoms with van der Waals surface area (Å²) in [5, 5.41) is 0. The van der Waals surface area contributed by atoms with Gasteiger partial charge in [0.15, 0.2) is 6.61 Å². The molecule has 2 aromatic carbocycles. The molecule has 25 heavy (non-hydrogen) atoms. The lowest BCUT2D eigenvalue weighted by molar-refractivity contribution is -0.130. The van der Waals surface area contributed by atoms with Gasteiger partial charge in [-0.25, -0.2) is 4.39 Å². The molecule has 0 radical (unpaired) electrons. The van der Waals surface area contributed by atoms with Crippen LogP contribution in [0.4, 0.5) is 4.39 Å². The molecule has 0 spiro atoms. The fourth-order valence-electron chi connectivity index (χ4n) is 1.81. The summed E-state index contributed by atoms with van der Waals surface area (Å²) < 4.78 is 23.3. The Balaban J connectivity index is 1.59. The number of hydrazine groups is 1. The van der Waals surface area contributed by atoms with Crippen LogP contribution in [0.25, 0.3) is 0 Å². The highest BCUT2D eigenvalue weighted by Gasteiger charge is 2.06. The van der Waals surface area contributed by atoms with Crippen LogP contribution in [0.3, 0.4) is 0 Å². The molecule has 0 bridgehead atoms. The highest BCUT2D eigenvalue weighted by molar-refractivity contribution is 5.82. The van der Waals surface area contributed by atoms with Gasteiger partial charge in [0.05, 0.1) is 13.0 Å². The van der Waals surface area contributed by atoms with Crippen LogP contribution in [-0.2, 0) is 9.59 Å². The molecule has 2 rings (SSSR count). The molecule has 0 aliphatic rings. The van der Waals surface area contributed by atoms with E-state index >= 15 is 0 Å². The zero-order valence-electron chi connectivity index (χ0n) is 13.8. The van der Waals surface area contributed by atoms with Crippen molar-refractivity contribution in [1.29, 1.82) is 0 Å². The Labute approximate surface area is 144 Å². The van der Waals surface area contributed by atoms with Crippen molar-refractivity contribution in [3.8, 4) is 11.5 Å². The van der Waals surface area contributed by atoms with Gasteiger partial charge in [-0.2, -0.15) is 0 Å². The molecule has 7 heteroatoms. The van der Waals surface area contributed by atoms with E-state index in [4.69, 9.17) is 9.47 Å². The number of ether oxygens (including phenoxy) is 2. The van der Waals surface area contributed by atoms with Crippen LogP contribution >= 0.6 is 0 Å². The summed E-state index contributed by atoms with van der Waals surface area (Å²) in [5.41, 5.74) is 5.61. The van der Waals surface area contributed by atoms with Crippen molar-refractivity contribution in [2.24, 2.45) is 0 Å². The van der Waals surface area contributed by atoms with Crippen molar-refractivity contribution in [2.75, 3.05) is 13.2 Å². The summed E-state index contributed by atoms with van der Waals surface area (Å²) in [4.78, 5) is 23.2. The van der Waals surface area contributed by atoms with Gasteiger partial charge >= 0.3 is 0 Å². The van der Waals surface area contributed by atoms with Gasteiger partial charge in [-0.15, -0.1) is 0 Å². The van der Waals surface area contributed by atoms with Gasteiger partial charge in [-0.1, -0.05) is 17.7 Å². The number of nitrogens with one attached hydrogen (secondary N) is 2. The van der Waals surface area contributed by atoms with Crippen molar-refractivity contribution in [3.63, 3.8) is 0 Å². The Morgan fingerprint density at radius 1 is 0.880 bits per heavy atom. The standard InChI is InChI=1S/C18H19FN2O4/c1-13-2-6-15(7-3-13)24-11-10-17(22)20-21-18(23)12-25-16-8-4-14(19)5-9-16/h2-9H,10-12H2,1H3,(H,20,22)(H,21,23). The van der Waals surface area contributed by atoms with E-state index < -0.39 is 11.7 Å². The predicted octanol–water partition coefficient (Wildman–Crippen LogP) is 2.13. The van der Waals surface area contributed by atoms with Gasteiger partial charge in [0.25, 0.3) is 5.91 Å². The molecular weight excluding hydrogens is 327 g/mol. The van der Waals surface area contributed by atoms with E-state index in [2.05, 4.69) is 10.9 Å². The Hall–Kier alpha value is -3.09. The maximum atomic E-state index is 12.7. The molecule has 2 aromatic rings. The summed E-state index contributed by atoms with van der Waals surface area (Å²) >= 11 is 0. The minimum atomic E-state index is -0.530. The lowest BCUT2D eigenvalue weighted by Gasteiger charge is -2.09. The van der Waals surface area contributed by atoms with E-state index in [1.165, 1.54) is 24.3 Å². The topological polar surface area (TPSA) is 76.7 Å². The van der Waals surface area contributed by atoms with Gasteiger partial charge in [0.2, 0.25) is 5.91 Å². The third-order valence-electron chi connectivity index (χ3n) is 3.14. The molecule has 2 amide bonds. The second-order valence-electron chi connectivity index (χ2n) is 5.25. The number of aryl methyl sites for hydroxylation is 1.